The first kappa shape index (κ1) is 21.9. The maximum Gasteiger partial charge on any atom is 0.256 e. The number of hydrogen-bond acceptors (Lipinski definition) is 4. The molecule has 0 unspecified atom stereocenters. The number of benzene rings is 1. The molecule has 0 radical (unpaired) electrons. The molecule has 2 saturated heterocycles. The number of carbonyl (C=O) groups excluding carboxylic acids is 4. The Hall–Kier alpha value is -2.97. The Balaban J connectivity index is 1.20. The summed E-state index contributed by atoms with van der Waals surface area (Å²) in [6, 6.07) is 3.91. The largest absolute Gasteiger partial charge is 0.339 e. The normalized spacial score (nSPS) is 21.2. The molecule has 9 heteroatoms. The molecule has 0 bridgehead atoms. The third kappa shape index (κ3) is 4.58. The SMILES string of the molecule is O=C(c1ccc(F)c(C(=O)N2CCN(C(=O)C3CC3)CC2)c1)N1CCN(C(=O)C2CC2)CC1. The quantitative estimate of drug-likeness (QED) is 0.682. The maximum absolute atomic E-state index is 14.5. The minimum Gasteiger partial charge on any atom is -0.339 e. The van der Waals surface area contributed by atoms with E-state index in [-0.39, 0.29) is 40.7 Å². The lowest BCUT2D eigenvalue weighted by Crippen LogP contribution is -2.51. The van der Waals surface area contributed by atoms with Crippen LogP contribution in [0.3, 0.4) is 0 Å². The van der Waals surface area contributed by atoms with Gasteiger partial charge in [-0.3, -0.25) is 19.2 Å². The molecule has 2 heterocycles. The molecule has 5 rings (SSSR count). The van der Waals surface area contributed by atoms with Crippen molar-refractivity contribution in [2.45, 2.75) is 25.7 Å². The van der Waals surface area contributed by atoms with Gasteiger partial charge >= 0.3 is 0 Å². The molecule has 2 aliphatic carbocycles. The van der Waals surface area contributed by atoms with E-state index in [2.05, 4.69) is 0 Å². The highest BCUT2D eigenvalue weighted by molar-refractivity contribution is 6.00. The van der Waals surface area contributed by atoms with Crippen molar-refractivity contribution in [1.82, 2.24) is 19.6 Å². The number of amides is 4. The molecule has 8 nitrogen and oxygen atoms in total. The van der Waals surface area contributed by atoms with Crippen LogP contribution in [0.25, 0.3) is 0 Å². The van der Waals surface area contributed by atoms with E-state index in [9.17, 15) is 23.6 Å². The number of hydrogen-bond donors (Lipinski definition) is 0. The minimum absolute atomic E-state index is 0.120. The summed E-state index contributed by atoms with van der Waals surface area (Å²) in [4.78, 5) is 57.2. The van der Waals surface area contributed by atoms with Crippen molar-refractivity contribution in [3.63, 3.8) is 0 Å². The summed E-state index contributed by atoms with van der Waals surface area (Å²) >= 11 is 0. The van der Waals surface area contributed by atoms with Crippen LogP contribution < -0.4 is 0 Å². The van der Waals surface area contributed by atoms with E-state index in [0.717, 1.165) is 25.7 Å². The summed E-state index contributed by atoms with van der Waals surface area (Å²) in [6.45, 7) is 3.45. The Morgan fingerprint density at radius 3 is 1.52 bits per heavy atom. The van der Waals surface area contributed by atoms with E-state index >= 15 is 0 Å². The monoisotopic (exact) mass is 456 g/mol. The van der Waals surface area contributed by atoms with Gasteiger partial charge in [-0.25, -0.2) is 4.39 Å². The van der Waals surface area contributed by atoms with Gasteiger partial charge in [0.25, 0.3) is 11.8 Å². The molecule has 0 aromatic heterocycles. The van der Waals surface area contributed by atoms with E-state index < -0.39 is 11.7 Å². The summed E-state index contributed by atoms with van der Waals surface area (Å²) in [5.41, 5.74) is 0.148. The number of rotatable bonds is 4. The van der Waals surface area contributed by atoms with Crippen molar-refractivity contribution in [3.05, 3.63) is 35.1 Å². The molecule has 176 valence electrons. The molecule has 33 heavy (non-hydrogen) atoms. The van der Waals surface area contributed by atoms with Crippen molar-refractivity contribution >= 4 is 23.6 Å². The predicted molar refractivity (Wildman–Crippen MR) is 117 cm³/mol. The van der Waals surface area contributed by atoms with Crippen LogP contribution in [0, 0.1) is 17.7 Å². The smallest absolute Gasteiger partial charge is 0.256 e. The summed E-state index contributed by atoms with van der Waals surface area (Å²) in [6.07, 6.45) is 3.79. The highest BCUT2D eigenvalue weighted by Gasteiger charge is 2.37. The van der Waals surface area contributed by atoms with Gasteiger partial charge in [-0.05, 0) is 43.9 Å². The Morgan fingerprint density at radius 1 is 0.636 bits per heavy atom. The molecule has 2 saturated carbocycles. The summed E-state index contributed by atoms with van der Waals surface area (Å²) in [7, 11) is 0. The molecule has 2 aliphatic heterocycles. The highest BCUT2D eigenvalue weighted by atomic mass is 19.1. The van der Waals surface area contributed by atoms with E-state index in [0.29, 0.717) is 52.4 Å². The van der Waals surface area contributed by atoms with Crippen LogP contribution in [-0.4, -0.2) is 95.6 Å². The Morgan fingerprint density at radius 2 is 1.06 bits per heavy atom. The number of halogens is 1. The molecule has 0 N–H and O–H groups in total. The second-order valence-corrected chi connectivity index (χ2v) is 9.48. The van der Waals surface area contributed by atoms with Crippen molar-refractivity contribution in [2.75, 3.05) is 52.4 Å². The van der Waals surface area contributed by atoms with E-state index in [1.54, 1.807) is 14.7 Å². The van der Waals surface area contributed by atoms with Gasteiger partial charge in [0.05, 0.1) is 5.56 Å². The van der Waals surface area contributed by atoms with E-state index in [4.69, 9.17) is 0 Å². The molecular formula is C24H29FN4O4. The second kappa shape index (κ2) is 8.76. The van der Waals surface area contributed by atoms with Crippen LogP contribution in [0.5, 0.6) is 0 Å². The van der Waals surface area contributed by atoms with Gasteiger partial charge < -0.3 is 19.6 Å². The zero-order valence-corrected chi connectivity index (χ0v) is 18.7. The zero-order valence-electron chi connectivity index (χ0n) is 18.7. The van der Waals surface area contributed by atoms with Crippen molar-refractivity contribution in [3.8, 4) is 0 Å². The van der Waals surface area contributed by atoms with Gasteiger partial charge in [-0.1, -0.05) is 0 Å². The zero-order chi connectivity index (χ0) is 23.1. The number of carbonyl (C=O) groups is 4. The van der Waals surface area contributed by atoms with Gasteiger partial charge in [-0.2, -0.15) is 0 Å². The lowest BCUT2D eigenvalue weighted by Gasteiger charge is -2.35. The Kier molecular flexibility index (Phi) is 5.80. The van der Waals surface area contributed by atoms with E-state index in [1.165, 1.54) is 18.2 Å². The Bertz CT molecular complexity index is 975. The molecule has 4 amide bonds. The highest BCUT2D eigenvalue weighted by Crippen LogP contribution is 2.32. The first-order chi connectivity index (χ1) is 15.9. The molecule has 4 fully saturated rings. The van der Waals surface area contributed by atoms with Gasteiger partial charge in [0.2, 0.25) is 11.8 Å². The fourth-order valence-electron chi connectivity index (χ4n) is 4.61. The number of piperazine rings is 2. The first-order valence-corrected chi connectivity index (χ1v) is 11.9. The van der Waals surface area contributed by atoms with Crippen LogP contribution in [0.2, 0.25) is 0 Å². The fraction of sp³-hybridized carbons (Fsp3) is 0.583. The predicted octanol–water partition coefficient (Wildman–Crippen LogP) is 1.21. The van der Waals surface area contributed by atoms with Gasteiger partial charge in [0.15, 0.2) is 0 Å². The summed E-state index contributed by atoms with van der Waals surface area (Å²) in [5.74, 6) is -0.751. The molecule has 4 aliphatic rings. The standard InChI is InChI=1S/C24H29FN4O4/c25-20-6-5-18(23(32)28-9-7-26(8-10-28)21(30)16-1-2-16)15-19(20)24(33)29-13-11-27(12-14-29)22(31)17-3-4-17/h5-6,15-17H,1-4,7-14H2. The third-order valence-electron chi connectivity index (χ3n) is 7.05. The van der Waals surface area contributed by atoms with Gasteiger partial charge in [-0.15, -0.1) is 0 Å². The summed E-state index contributed by atoms with van der Waals surface area (Å²) in [5, 5.41) is 0. The third-order valence-corrected chi connectivity index (χ3v) is 7.05. The van der Waals surface area contributed by atoms with Crippen molar-refractivity contribution < 1.29 is 23.6 Å². The van der Waals surface area contributed by atoms with Crippen molar-refractivity contribution in [1.29, 1.82) is 0 Å². The topological polar surface area (TPSA) is 81.2 Å². The minimum atomic E-state index is -0.659. The van der Waals surface area contributed by atoms with Crippen molar-refractivity contribution in [2.24, 2.45) is 11.8 Å². The lowest BCUT2D eigenvalue weighted by atomic mass is 10.1. The second-order valence-electron chi connectivity index (χ2n) is 9.48. The van der Waals surface area contributed by atoms with Crippen LogP contribution in [0.4, 0.5) is 4.39 Å². The van der Waals surface area contributed by atoms with Gasteiger partial charge in [0.1, 0.15) is 5.82 Å². The van der Waals surface area contributed by atoms with Gasteiger partial charge in [0, 0.05) is 69.8 Å². The average molecular weight is 457 g/mol. The molecule has 1 aromatic carbocycles. The molecule has 0 spiro atoms. The van der Waals surface area contributed by atoms with Crippen LogP contribution in [0.15, 0.2) is 18.2 Å². The lowest BCUT2D eigenvalue weighted by molar-refractivity contribution is -0.134. The summed E-state index contributed by atoms with van der Waals surface area (Å²) < 4.78 is 14.5. The fourth-order valence-corrected chi connectivity index (χ4v) is 4.61. The average Bonchev–Trinajstić information content (AvgIpc) is 3.76. The molecule has 1 aromatic rings. The maximum atomic E-state index is 14.5. The molecule has 0 atom stereocenters. The first-order valence-electron chi connectivity index (χ1n) is 11.9. The van der Waals surface area contributed by atoms with Crippen LogP contribution >= 0.6 is 0 Å². The Labute approximate surface area is 192 Å². The number of nitrogens with zero attached hydrogens (tertiary/aromatic N) is 4. The van der Waals surface area contributed by atoms with E-state index in [1.807, 2.05) is 4.90 Å². The van der Waals surface area contributed by atoms with Crippen LogP contribution in [-0.2, 0) is 9.59 Å². The molecular weight excluding hydrogens is 427 g/mol. The van der Waals surface area contributed by atoms with Crippen LogP contribution in [0.1, 0.15) is 46.4 Å².